The molecule has 5 nitrogen and oxygen atoms in total. The Morgan fingerprint density at radius 2 is 1.97 bits per heavy atom. The third-order valence-corrected chi connectivity index (χ3v) is 5.83. The molecule has 1 aromatic heterocycles. The van der Waals surface area contributed by atoms with Crippen LogP contribution < -0.4 is 10.1 Å². The second kappa shape index (κ2) is 9.94. The van der Waals surface area contributed by atoms with Crippen molar-refractivity contribution in [2.24, 2.45) is 0 Å². The number of ether oxygens (including phenoxy) is 1. The van der Waals surface area contributed by atoms with Gasteiger partial charge in [0, 0.05) is 6.07 Å². The number of hydrogen-bond acceptors (Lipinski definition) is 5. The van der Waals surface area contributed by atoms with Crippen LogP contribution in [0, 0.1) is 5.82 Å². The Labute approximate surface area is 176 Å². The van der Waals surface area contributed by atoms with E-state index in [2.05, 4.69) is 31.2 Å². The van der Waals surface area contributed by atoms with Crippen molar-refractivity contribution in [2.45, 2.75) is 17.5 Å². The fourth-order valence-electron chi connectivity index (χ4n) is 2.01. The lowest BCUT2D eigenvalue weighted by atomic mass is 10.3. The van der Waals surface area contributed by atoms with E-state index >= 15 is 0 Å². The molecule has 0 spiro atoms. The summed E-state index contributed by atoms with van der Waals surface area (Å²) in [6.45, 7) is -0.244. The van der Waals surface area contributed by atoms with Crippen LogP contribution in [-0.4, -0.2) is 39.3 Å². The third kappa shape index (κ3) is 6.71. The quantitative estimate of drug-likeness (QED) is 0.382. The molecule has 0 saturated carbocycles. The molecule has 0 aliphatic heterocycles. The summed E-state index contributed by atoms with van der Waals surface area (Å²) in [7, 11) is -2.54. The maximum atomic E-state index is 13.9. The van der Waals surface area contributed by atoms with E-state index in [-0.39, 0.29) is 23.4 Å². The van der Waals surface area contributed by atoms with Crippen molar-refractivity contribution in [3.8, 4) is 5.75 Å². The zero-order valence-corrected chi connectivity index (χ0v) is 17.2. The minimum Gasteiger partial charge on any atom is -0.489 e. The number of aromatic nitrogens is 2. The maximum Gasteiger partial charge on any atom is 0.400 e. The van der Waals surface area contributed by atoms with Gasteiger partial charge in [-0.2, -0.15) is 13.2 Å². The third-order valence-electron chi connectivity index (χ3n) is 3.20. The Kier molecular flexibility index (Phi) is 8.11. The van der Waals surface area contributed by atoms with Crippen LogP contribution in [0.15, 0.2) is 27.8 Å². The zero-order valence-electron chi connectivity index (χ0n) is 14.1. The maximum absolute atomic E-state index is 13.9. The molecule has 29 heavy (non-hydrogen) atoms. The average molecular weight is 527 g/mol. The molecule has 1 heterocycles. The van der Waals surface area contributed by atoms with Gasteiger partial charge >= 0.3 is 6.18 Å². The van der Waals surface area contributed by atoms with E-state index in [0.717, 1.165) is 12.4 Å². The van der Waals surface area contributed by atoms with Gasteiger partial charge in [0.2, 0.25) is 0 Å². The van der Waals surface area contributed by atoms with E-state index in [1.165, 1.54) is 0 Å². The first-order valence-electron chi connectivity index (χ1n) is 7.59. The molecule has 160 valence electrons. The van der Waals surface area contributed by atoms with Crippen LogP contribution in [0.2, 0.25) is 5.02 Å². The highest BCUT2D eigenvalue weighted by atomic mass is 79.9. The van der Waals surface area contributed by atoms with Crippen molar-refractivity contribution in [2.75, 3.05) is 24.2 Å². The van der Waals surface area contributed by atoms with Crippen LogP contribution in [0.25, 0.3) is 0 Å². The highest BCUT2D eigenvalue weighted by Crippen LogP contribution is 2.31. The molecule has 1 atom stereocenters. The first kappa shape index (κ1) is 23.7. The lowest BCUT2D eigenvalue weighted by molar-refractivity contribution is -0.105. The Morgan fingerprint density at radius 1 is 1.28 bits per heavy atom. The molecule has 0 amide bonds. The molecule has 0 bridgehead atoms. The second-order valence-corrected chi connectivity index (χ2v) is 7.94. The molecule has 1 N–H and O–H groups in total. The summed E-state index contributed by atoms with van der Waals surface area (Å²) in [5, 5.41) is 2.23. The number of hydrogen-bond donors (Lipinski definition) is 1. The van der Waals surface area contributed by atoms with Gasteiger partial charge < -0.3 is 10.1 Å². The molecule has 0 aliphatic rings. The van der Waals surface area contributed by atoms with Crippen molar-refractivity contribution in [1.29, 1.82) is 0 Å². The first-order chi connectivity index (χ1) is 13.5. The first-order valence-corrected chi connectivity index (χ1v) is 10.1. The molecular formula is C15H11BrClF6N3O2S. The van der Waals surface area contributed by atoms with E-state index in [0.29, 0.717) is 6.07 Å². The molecule has 2 rings (SSSR count). The largest absolute Gasteiger partial charge is 0.489 e. The minimum absolute atomic E-state index is 0.0265. The van der Waals surface area contributed by atoms with Crippen LogP contribution in [0.1, 0.15) is 12.1 Å². The number of nitrogens with zero attached hydrogens (tertiary/aromatic N) is 2. The van der Waals surface area contributed by atoms with Gasteiger partial charge in [0.25, 0.3) is 6.43 Å². The molecular weight excluding hydrogens is 516 g/mol. The molecule has 14 heteroatoms. The fourth-order valence-corrected chi connectivity index (χ4v) is 3.91. The lowest BCUT2D eigenvalue weighted by Gasteiger charge is -2.13. The Bertz CT molecular complexity index is 903. The molecule has 0 aliphatic carbocycles. The summed E-state index contributed by atoms with van der Waals surface area (Å²) < 4.78 is 93.6. The van der Waals surface area contributed by atoms with Gasteiger partial charge in [-0.3, -0.25) is 4.21 Å². The number of rotatable bonds is 8. The number of anilines is 1. The summed E-state index contributed by atoms with van der Waals surface area (Å²) >= 11 is 8.61. The number of alkyl halides is 5. The van der Waals surface area contributed by atoms with Crippen LogP contribution in [-0.2, 0) is 10.8 Å². The van der Waals surface area contributed by atoms with Gasteiger partial charge in [0.15, 0.2) is 11.6 Å². The molecule has 1 unspecified atom stereocenters. The number of benzene rings is 1. The van der Waals surface area contributed by atoms with E-state index in [4.69, 9.17) is 16.3 Å². The predicted molar refractivity (Wildman–Crippen MR) is 97.4 cm³/mol. The van der Waals surface area contributed by atoms with Gasteiger partial charge in [-0.25, -0.2) is 23.1 Å². The highest BCUT2D eigenvalue weighted by molar-refractivity contribution is 9.10. The fraction of sp³-hybridized carbons (Fsp3) is 0.333. The smallest absolute Gasteiger partial charge is 0.400 e. The van der Waals surface area contributed by atoms with Crippen molar-refractivity contribution in [3.05, 3.63) is 39.5 Å². The SMILES string of the molecule is O=S(CC(F)(F)F)c1cc(OCCNc2ncnc(C(F)F)c2Br)c(F)cc1Cl. The van der Waals surface area contributed by atoms with Crippen LogP contribution in [0.3, 0.4) is 0 Å². The van der Waals surface area contributed by atoms with Crippen molar-refractivity contribution < 1.29 is 35.3 Å². The van der Waals surface area contributed by atoms with E-state index < -0.39 is 56.3 Å². The molecule has 0 radical (unpaired) electrons. The number of halogens is 8. The van der Waals surface area contributed by atoms with E-state index in [1.807, 2.05) is 0 Å². The predicted octanol–water partition coefficient (Wildman–Crippen LogP) is 5.13. The minimum atomic E-state index is -4.70. The average Bonchev–Trinajstić information content (AvgIpc) is 2.59. The topological polar surface area (TPSA) is 64.1 Å². The van der Waals surface area contributed by atoms with Crippen LogP contribution in [0.4, 0.5) is 32.2 Å². The Hall–Kier alpha value is -1.60. The normalized spacial score (nSPS) is 12.9. The molecule has 2 aromatic rings. The summed E-state index contributed by atoms with van der Waals surface area (Å²) in [4.78, 5) is 6.78. The summed E-state index contributed by atoms with van der Waals surface area (Å²) in [5.74, 6) is -3.03. The lowest BCUT2D eigenvalue weighted by Crippen LogP contribution is -2.19. The summed E-state index contributed by atoms with van der Waals surface area (Å²) in [5.41, 5.74) is -0.524. The van der Waals surface area contributed by atoms with Crippen LogP contribution in [0.5, 0.6) is 5.75 Å². The molecule has 0 fully saturated rings. The van der Waals surface area contributed by atoms with Crippen molar-refractivity contribution in [1.82, 2.24) is 9.97 Å². The zero-order chi connectivity index (χ0) is 21.8. The van der Waals surface area contributed by atoms with Gasteiger partial charge in [-0.1, -0.05) is 11.6 Å². The van der Waals surface area contributed by atoms with Gasteiger partial charge in [0.05, 0.1) is 31.7 Å². The van der Waals surface area contributed by atoms with Crippen molar-refractivity contribution in [3.63, 3.8) is 0 Å². The molecule has 1 aromatic carbocycles. The van der Waals surface area contributed by atoms with Crippen molar-refractivity contribution >= 4 is 44.1 Å². The van der Waals surface area contributed by atoms with Gasteiger partial charge in [-0.15, -0.1) is 0 Å². The Balaban J connectivity index is 2.03. The monoisotopic (exact) mass is 525 g/mol. The Morgan fingerprint density at radius 3 is 2.59 bits per heavy atom. The van der Waals surface area contributed by atoms with E-state index in [1.54, 1.807) is 0 Å². The number of nitrogens with one attached hydrogen (secondary N) is 1. The van der Waals surface area contributed by atoms with E-state index in [9.17, 15) is 30.6 Å². The van der Waals surface area contributed by atoms with Gasteiger partial charge in [-0.05, 0) is 22.0 Å². The summed E-state index contributed by atoms with van der Waals surface area (Å²) in [6, 6.07) is 1.53. The van der Waals surface area contributed by atoms with Crippen LogP contribution >= 0.6 is 27.5 Å². The second-order valence-electron chi connectivity index (χ2n) is 5.32. The van der Waals surface area contributed by atoms with Gasteiger partial charge in [0.1, 0.15) is 30.2 Å². The standard InChI is InChI=1S/C15H11BrClF6N3O2S/c16-11-12(13(19)20)25-6-26-14(11)24-1-2-28-9-4-10(7(17)3-8(9)18)29(27)5-15(21,22)23/h3-4,6,13H,1-2,5H2,(H,24,25,26). The summed E-state index contributed by atoms with van der Waals surface area (Å²) in [6.07, 6.45) is -6.60. The molecule has 0 saturated heterocycles. The highest BCUT2D eigenvalue weighted by Gasteiger charge is 2.32.